The van der Waals surface area contributed by atoms with Crippen LogP contribution < -0.4 is 11.1 Å². The zero-order valence-corrected chi connectivity index (χ0v) is 11.5. The van der Waals surface area contributed by atoms with Crippen LogP contribution in [-0.4, -0.2) is 29.6 Å². The van der Waals surface area contributed by atoms with Crippen LogP contribution in [0.5, 0.6) is 0 Å². The summed E-state index contributed by atoms with van der Waals surface area (Å²) in [6.07, 6.45) is 3.92. The Morgan fingerprint density at radius 3 is 3.15 bits per heavy atom. The SMILES string of the molecule is CC(NC(=O)c1c[nH]c2cc(N)ccc12)C1CCCO1. The number of rotatable bonds is 3. The van der Waals surface area contributed by atoms with E-state index in [0.717, 1.165) is 30.4 Å². The maximum Gasteiger partial charge on any atom is 0.253 e. The number of nitrogen functional groups attached to an aromatic ring is 1. The predicted molar refractivity (Wildman–Crippen MR) is 78.6 cm³/mol. The molecule has 2 aromatic rings. The molecule has 0 bridgehead atoms. The Balaban J connectivity index is 1.78. The van der Waals surface area contributed by atoms with Gasteiger partial charge in [-0.15, -0.1) is 0 Å². The average molecular weight is 273 g/mol. The van der Waals surface area contributed by atoms with Crippen molar-refractivity contribution in [2.24, 2.45) is 0 Å². The van der Waals surface area contributed by atoms with Gasteiger partial charge in [0.2, 0.25) is 0 Å². The van der Waals surface area contributed by atoms with Crippen molar-refractivity contribution < 1.29 is 9.53 Å². The highest BCUT2D eigenvalue weighted by Crippen LogP contribution is 2.21. The van der Waals surface area contributed by atoms with E-state index in [1.165, 1.54) is 0 Å². The Kier molecular flexibility index (Phi) is 3.36. The van der Waals surface area contributed by atoms with E-state index in [1.807, 2.05) is 19.1 Å². The lowest BCUT2D eigenvalue weighted by Gasteiger charge is -2.19. The first-order valence-corrected chi connectivity index (χ1v) is 6.94. The van der Waals surface area contributed by atoms with Gasteiger partial charge < -0.3 is 20.8 Å². The smallest absolute Gasteiger partial charge is 0.253 e. The molecule has 1 aliphatic rings. The molecule has 2 unspecified atom stereocenters. The predicted octanol–water partition coefficient (Wildman–Crippen LogP) is 2.05. The summed E-state index contributed by atoms with van der Waals surface area (Å²) in [5.41, 5.74) is 7.93. The quantitative estimate of drug-likeness (QED) is 0.749. The van der Waals surface area contributed by atoms with Gasteiger partial charge >= 0.3 is 0 Å². The van der Waals surface area contributed by atoms with Crippen molar-refractivity contribution >= 4 is 22.5 Å². The first kappa shape index (κ1) is 13.0. The van der Waals surface area contributed by atoms with Crippen LogP contribution in [0.2, 0.25) is 0 Å². The number of aromatic amines is 1. The molecular formula is C15H19N3O2. The molecule has 1 saturated heterocycles. The van der Waals surface area contributed by atoms with Gasteiger partial charge in [-0.2, -0.15) is 0 Å². The molecule has 1 fully saturated rings. The van der Waals surface area contributed by atoms with Gasteiger partial charge in [0, 0.05) is 29.4 Å². The largest absolute Gasteiger partial charge is 0.399 e. The van der Waals surface area contributed by atoms with Gasteiger partial charge in [-0.05, 0) is 38.0 Å². The molecule has 20 heavy (non-hydrogen) atoms. The number of nitrogens with one attached hydrogen (secondary N) is 2. The van der Waals surface area contributed by atoms with Crippen LogP contribution in [0.3, 0.4) is 0 Å². The van der Waals surface area contributed by atoms with Crippen molar-refractivity contribution in [2.75, 3.05) is 12.3 Å². The van der Waals surface area contributed by atoms with Crippen LogP contribution in [0.25, 0.3) is 10.9 Å². The van der Waals surface area contributed by atoms with Crippen LogP contribution in [0.4, 0.5) is 5.69 Å². The van der Waals surface area contributed by atoms with Gasteiger partial charge in [-0.1, -0.05) is 0 Å². The Bertz CT molecular complexity index is 629. The summed E-state index contributed by atoms with van der Waals surface area (Å²) in [4.78, 5) is 15.4. The molecule has 0 radical (unpaired) electrons. The van der Waals surface area contributed by atoms with Gasteiger partial charge in [0.15, 0.2) is 0 Å². The maximum absolute atomic E-state index is 12.4. The Morgan fingerprint density at radius 1 is 1.55 bits per heavy atom. The van der Waals surface area contributed by atoms with E-state index in [0.29, 0.717) is 11.3 Å². The van der Waals surface area contributed by atoms with E-state index in [1.54, 1.807) is 12.3 Å². The Morgan fingerprint density at radius 2 is 2.40 bits per heavy atom. The van der Waals surface area contributed by atoms with Crippen LogP contribution in [0.15, 0.2) is 24.4 Å². The highest BCUT2D eigenvalue weighted by atomic mass is 16.5. The van der Waals surface area contributed by atoms with E-state index in [2.05, 4.69) is 10.3 Å². The van der Waals surface area contributed by atoms with Gasteiger partial charge in [-0.25, -0.2) is 0 Å². The standard InChI is InChI=1S/C15H19N3O2/c1-9(14-3-2-6-20-14)18-15(19)12-8-17-13-7-10(16)4-5-11(12)13/h4-5,7-9,14,17H,2-3,6,16H2,1H3,(H,18,19). The summed E-state index contributed by atoms with van der Waals surface area (Å²) < 4.78 is 5.60. The fourth-order valence-electron chi connectivity index (χ4n) is 2.71. The van der Waals surface area contributed by atoms with Crippen molar-refractivity contribution in [2.45, 2.75) is 31.9 Å². The molecule has 0 aliphatic carbocycles. The molecule has 4 N–H and O–H groups in total. The van der Waals surface area contributed by atoms with Crippen molar-refractivity contribution in [1.82, 2.24) is 10.3 Å². The number of hydrogen-bond donors (Lipinski definition) is 3. The second kappa shape index (κ2) is 5.17. The third-order valence-corrected chi connectivity index (χ3v) is 3.83. The molecule has 2 atom stereocenters. The molecule has 3 rings (SSSR count). The van der Waals surface area contributed by atoms with Gasteiger partial charge in [0.25, 0.3) is 5.91 Å². The van der Waals surface area contributed by atoms with Crippen molar-refractivity contribution in [1.29, 1.82) is 0 Å². The lowest BCUT2D eigenvalue weighted by atomic mass is 10.1. The number of H-pyrrole nitrogens is 1. The first-order chi connectivity index (χ1) is 9.65. The van der Waals surface area contributed by atoms with E-state index < -0.39 is 0 Å². The number of aromatic nitrogens is 1. The van der Waals surface area contributed by atoms with Crippen LogP contribution in [-0.2, 0) is 4.74 Å². The number of nitrogens with two attached hydrogens (primary N) is 1. The number of amides is 1. The minimum atomic E-state index is -0.0796. The monoisotopic (exact) mass is 273 g/mol. The third kappa shape index (κ3) is 2.36. The summed E-state index contributed by atoms with van der Waals surface area (Å²) in [7, 11) is 0. The Hall–Kier alpha value is -2.01. The number of anilines is 1. The Labute approximate surface area is 117 Å². The number of carbonyl (C=O) groups is 1. The molecule has 2 heterocycles. The van der Waals surface area contributed by atoms with E-state index in [4.69, 9.17) is 10.5 Å². The summed E-state index contributed by atoms with van der Waals surface area (Å²) in [5.74, 6) is -0.0796. The summed E-state index contributed by atoms with van der Waals surface area (Å²) in [6, 6.07) is 5.52. The third-order valence-electron chi connectivity index (χ3n) is 3.83. The fraction of sp³-hybridized carbons (Fsp3) is 0.400. The maximum atomic E-state index is 12.4. The zero-order valence-electron chi connectivity index (χ0n) is 11.5. The summed E-state index contributed by atoms with van der Waals surface area (Å²) in [6.45, 7) is 2.78. The average Bonchev–Trinajstić information content (AvgIpc) is 3.07. The van der Waals surface area contributed by atoms with Crippen LogP contribution in [0.1, 0.15) is 30.1 Å². The zero-order chi connectivity index (χ0) is 14.1. The van der Waals surface area contributed by atoms with Gasteiger partial charge in [-0.3, -0.25) is 4.79 Å². The number of ether oxygens (including phenoxy) is 1. The molecule has 1 amide bonds. The number of carbonyl (C=O) groups excluding carboxylic acids is 1. The highest BCUT2D eigenvalue weighted by molar-refractivity contribution is 6.07. The molecule has 5 nitrogen and oxygen atoms in total. The first-order valence-electron chi connectivity index (χ1n) is 6.94. The van der Waals surface area contributed by atoms with Gasteiger partial charge in [0.1, 0.15) is 0 Å². The minimum Gasteiger partial charge on any atom is -0.399 e. The molecule has 106 valence electrons. The van der Waals surface area contributed by atoms with Crippen molar-refractivity contribution in [3.05, 3.63) is 30.0 Å². The number of hydrogen-bond acceptors (Lipinski definition) is 3. The van der Waals surface area contributed by atoms with Crippen molar-refractivity contribution in [3.8, 4) is 0 Å². The molecule has 5 heteroatoms. The molecular weight excluding hydrogens is 254 g/mol. The molecule has 0 saturated carbocycles. The fourth-order valence-corrected chi connectivity index (χ4v) is 2.71. The van der Waals surface area contributed by atoms with Crippen LogP contribution in [0, 0.1) is 0 Å². The number of fused-ring (bicyclic) bond motifs is 1. The second-order valence-corrected chi connectivity index (χ2v) is 5.32. The van der Waals surface area contributed by atoms with E-state index in [-0.39, 0.29) is 18.1 Å². The molecule has 1 aromatic heterocycles. The molecule has 1 aliphatic heterocycles. The topological polar surface area (TPSA) is 80.1 Å². The van der Waals surface area contributed by atoms with E-state index >= 15 is 0 Å². The van der Waals surface area contributed by atoms with Gasteiger partial charge in [0.05, 0.1) is 17.7 Å². The van der Waals surface area contributed by atoms with Crippen molar-refractivity contribution in [3.63, 3.8) is 0 Å². The van der Waals surface area contributed by atoms with E-state index in [9.17, 15) is 4.79 Å². The lowest BCUT2D eigenvalue weighted by Crippen LogP contribution is -2.40. The van der Waals surface area contributed by atoms with Crippen LogP contribution >= 0.6 is 0 Å². The molecule has 1 aromatic carbocycles. The second-order valence-electron chi connectivity index (χ2n) is 5.32. The normalized spacial score (nSPS) is 20.1. The minimum absolute atomic E-state index is 0.0173. The number of benzene rings is 1. The highest BCUT2D eigenvalue weighted by Gasteiger charge is 2.24. The summed E-state index contributed by atoms with van der Waals surface area (Å²) >= 11 is 0. The molecule has 0 spiro atoms. The summed E-state index contributed by atoms with van der Waals surface area (Å²) in [5, 5.41) is 3.90. The lowest BCUT2D eigenvalue weighted by molar-refractivity contribution is 0.0713.